The molecule has 172 valence electrons. The summed E-state index contributed by atoms with van der Waals surface area (Å²) in [7, 11) is 0. The van der Waals surface area contributed by atoms with E-state index in [-0.39, 0.29) is 24.5 Å². The SMILES string of the molecule is O=C(O)C[C@H](CC(=O)CCCCc1ccc2c(n1)NCCC2)c1ccc(OC(F)F)nc1. The van der Waals surface area contributed by atoms with Gasteiger partial charge in [0.05, 0.1) is 6.42 Å². The lowest BCUT2D eigenvalue weighted by Gasteiger charge is -2.17. The molecular weight excluding hydrogens is 420 g/mol. The second kappa shape index (κ2) is 11.5. The molecule has 0 saturated carbocycles. The molecule has 3 heterocycles. The van der Waals surface area contributed by atoms with Crippen molar-refractivity contribution >= 4 is 17.6 Å². The number of hydrogen-bond donors (Lipinski definition) is 2. The molecule has 0 aliphatic carbocycles. The maximum absolute atomic E-state index is 12.5. The minimum Gasteiger partial charge on any atom is -0.481 e. The van der Waals surface area contributed by atoms with E-state index >= 15 is 0 Å². The number of carbonyl (C=O) groups excluding carboxylic acids is 1. The smallest absolute Gasteiger partial charge is 0.388 e. The van der Waals surface area contributed by atoms with Crippen LogP contribution >= 0.6 is 0 Å². The summed E-state index contributed by atoms with van der Waals surface area (Å²) < 4.78 is 28.7. The Morgan fingerprint density at radius 3 is 2.72 bits per heavy atom. The van der Waals surface area contributed by atoms with Gasteiger partial charge in [0, 0.05) is 43.3 Å². The lowest BCUT2D eigenvalue weighted by atomic mass is 9.90. The summed E-state index contributed by atoms with van der Waals surface area (Å²) in [5, 5.41) is 12.5. The van der Waals surface area contributed by atoms with Crippen molar-refractivity contribution in [2.75, 3.05) is 11.9 Å². The molecule has 0 spiro atoms. The number of Topliss-reactive ketones (excluding diaryl/α,β-unsaturated/α-hetero) is 1. The predicted octanol–water partition coefficient (Wildman–Crippen LogP) is 4.37. The molecule has 0 bridgehead atoms. The van der Waals surface area contributed by atoms with Gasteiger partial charge in [-0.15, -0.1) is 0 Å². The third-order valence-corrected chi connectivity index (χ3v) is 5.43. The van der Waals surface area contributed by atoms with Gasteiger partial charge >= 0.3 is 12.6 Å². The Bertz CT molecular complexity index is 922. The van der Waals surface area contributed by atoms with Crippen LogP contribution in [0.5, 0.6) is 5.88 Å². The highest BCUT2D eigenvalue weighted by Crippen LogP contribution is 2.26. The number of carbonyl (C=O) groups is 2. The zero-order valence-corrected chi connectivity index (χ0v) is 17.7. The number of pyridine rings is 2. The molecule has 0 amide bonds. The topological polar surface area (TPSA) is 101 Å². The highest BCUT2D eigenvalue weighted by molar-refractivity contribution is 5.80. The van der Waals surface area contributed by atoms with E-state index in [1.54, 1.807) is 0 Å². The van der Waals surface area contributed by atoms with E-state index in [1.807, 2.05) is 6.07 Å². The van der Waals surface area contributed by atoms with Crippen molar-refractivity contribution in [2.24, 2.45) is 0 Å². The molecule has 2 aromatic rings. The van der Waals surface area contributed by atoms with Crippen LogP contribution in [0, 0.1) is 0 Å². The number of carboxylic acid groups (broad SMARTS) is 1. The highest BCUT2D eigenvalue weighted by atomic mass is 19.3. The molecule has 3 rings (SSSR count). The molecule has 32 heavy (non-hydrogen) atoms. The average Bonchev–Trinajstić information content (AvgIpc) is 2.76. The molecule has 1 atom stereocenters. The van der Waals surface area contributed by atoms with Crippen LogP contribution in [0.2, 0.25) is 0 Å². The maximum atomic E-state index is 12.5. The molecule has 2 N–H and O–H groups in total. The summed E-state index contributed by atoms with van der Waals surface area (Å²) in [5.41, 5.74) is 2.74. The van der Waals surface area contributed by atoms with Gasteiger partial charge in [0.2, 0.25) is 5.88 Å². The van der Waals surface area contributed by atoms with Crippen molar-refractivity contribution in [1.82, 2.24) is 9.97 Å². The Balaban J connectivity index is 1.48. The molecule has 1 aliphatic rings. The Hall–Kier alpha value is -3.10. The Morgan fingerprint density at radius 2 is 2.00 bits per heavy atom. The number of ketones is 1. The number of ether oxygens (including phenoxy) is 1. The van der Waals surface area contributed by atoms with Crippen molar-refractivity contribution in [2.45, 2.75) is 63.9 Å². The van der Waals surface area contributed by atoms with Crippen LogP contribution in [-0.4, -0.2) is 40.0 Å². The summed E-state index contributed by atoms with van der Waals surface area (Å²) in [6.07, 6.45) is 5.87. The number of nitrogens with one attached hydrogen (secondary N) is 1. The van der Waals surface area contributed by atoms with Crippen molar-refractivity contribution in [1.29, 1.82) is 0 Å². The number of aryl methyl sites for hydroxylation is 2. The van der Waals surface area contributed by atoms with Crippen LogP contribution in [0.4, 0.5) is 14.6 Å². The monoisotopic (exact) mass is 447 g/mol. The Morgan fingerprint density at radius 1 is 1.16 bits per heavy atom. The number of unbranched alkanes of at least 4 members (excludes halogenated alkanes) is 1. The van der Waals surface area contributed by atoms with E-state index in [9.17, 15) is 23.5 Å². The largest absolute Gasteiger partial charge is 0.481 e. The van der Waals surface area contributed by atoms with Crippen LogP contribution in [0.3, 0.4) is 0 Å². The summed E-state index contributed by atoms with van der Waals surface area (Å²) in [4.78, 5) is 32.1. The number of alkyl halides is 2. The third-order valence-electron chi connectivity index (χ3n) is 5.43. The number of carboxylic acids is 1. The number of nitrogens with zero attached hydrogens (tertiary/aromatic N) is 2. The number of rotatable bonds is 12. The Kier molecular flexibility index (Phi) is 8.47. The van der Waals surface area contributed by atoms with Gasteiger partial charge in [0.25, 0.3) is 0 Å². The van der Waals surface area contributed by atoms with E-state index in [0.29, 0.717) is 18.4 Å². The summed E-state index contributed by atoms with van der Waals surface area (Å²) in [5.74, 6) is -0.941. The first-order valence-corrected chi connectivity index (χ1v) is 10.8. The van der Waals surface area contributed by atoms with Gasteiger partial charge in [-0.25, -0.2) is 9.97 Å². The average molecular weight is 447 g/mol. The van der Waals surface area contributed by atoms with Gasteiger partial charge in [-0.1, -0.05) is 12.1 Å². The van der Waals surface area contributed by atoms with E-state index in [4.69, 9.17) is 0 Å². The summed E-state index contributed by atoms with van der Waals surface area (Å²) in [6, 6.07) is 6.87. The van der Waals surface area contributed by atoms with Crippen LogP contribution in [0.25, 0.3) is 0 Å². The number of fused-ring (bicyclic) bond motifs is 1. The second-order valence-electron chi connectivity index (χ2n) is 7.89. The zero-order chi connectivity index (χ0) is 22.9. The van der Waals surface area contributed by atoms with Crippen LogP contribution in [0.15, 0.2) is 30.5 Å². The van der Waals surface area contributed by atoms with Gasteiger partial charge in [-0.05, 0) is 49.3 Å². The quantitative estimate of drug-likeness (QED) is 0.466. The third kappa shape index (κ3) is 7.25. The zero-order valence-electron chi connectivity index (χ0n) is 17.7. The molecule has 0 saturated heterocycles. The lowest BCUT2D eigenvalue weighted by Crippen LogP contribution is -2.14. The standard InChI is InChI=1S/C23H27F2N3O4/c24-23(25)32-20-10-8-16(14-27-20)17(13-21(30)31)12-19(29)6-2-1-5-18-9-7-15-4-3-11-26-22(15)28-18/h7-10,14,17,23H,1-6,11-13H2,(H,26,28)(H,30,31)/t17-/m0/s1. The number of aliphatic carboxylic acids is 1. The van der Waals surface area contributed by atoms with Gasteiger partial charge in [-0.2, -0.15) is 8.78 Å². The lowest BCUT2D eigenvalue weighted by molar-refractivity contribution is -0.137. The maximum Gasteiger partial charge on any atom is 0.388 e. The molecule has 0 unspecified atom stereocenters. The van der Waals surface area contributed by atoms with Gasteiger partial charge in [0.1, 0.15) is 11.6 Å². The number of halogens is 2. The number of anilines is 1. The first kappa shape index (κ1) is 23.6. The molecular formula is C23H27F2N3O4. The highest BCUT2D eigenvalue weighted by Gasteiger charge is 2.20. The fraction of sp³-hybridized carbons (Fsp3) is 0.478. The first-order valence-electron chi connectivity index (χ1n) is 10.8. The van der Waals surface area contributed by atoms with E-state index in [0.717, 1.165) is 43.7 Å². The number of aromatic nitrogens is 2. The van der Waals surface area contributed by atoms with Gasteiger partial charge < -0.3 is 15.2 Å². The first-order chi connectivity index (χ1) is 15.4. The van der Waals surface area contributed by atoms with Crippen molar-refractivity contribution in [3.05, 3.63) is 47.3 Å². The van der Waals surface area contributed by atoms with Crippen LogP contribution in [-0.2, 0) is 22.4 Å². The number of hydrogen-bond acceptors (Lipinski definition) is 6. The predicted molar refractivity (Wildman–Crippen MR) is 114 cm³/mol. The molecule has 0 radical (unpaired) electrons. The van der Waals surface area contributed by atoms with Gasteiger partial charge in [-0.3, -0.25) is 9.59 Å². The fourth-order valence-electron chi connectivity index (χ4n) is 3.83. The molecule has 9 heteroatoms. The minimum atomic E-state index is -2.99. The van der Waals surface area contributed by atoms with Crippen LogP contribution < -0.4 is 10.1 Å². The molecule has 2 aromatic heterocycles. The van der Waals surface area contributed by atoms with Crippen molar-refractivity contribution in [3.63, 3.8) is 0 Å². The minimum absolute atomic E-state index is 0.0378. The molecule has 0 fully saturated rings. The van der Waals surface area contributed by atoms with Crippen LogP contribution in [0.1, 0.15) is 61.3 Å². The second-order valence-corrected chi connectivity index (χ2v) is 7.89. The molecule has 0 aromatic carbocycles. The Labute approximate surface area is 185 Å². The van der Waals surface area contributed by atoms with Gasteiger partial charge in [0.15, 0.2) is 0 Å². The summed E-state index contributed by atoms with van der Waals surface area (Å²) in [6.45, 7) is -2.05. The van der Waals surface area contributed by atoms with E-state index in [2.05, 4.69) is 26.1 Å². The van der Waals surface area contributed by atoms with E-state index in [1.165, 1.54) is 23.9 Å². The van der Waals surface area contributed by atoms with Crippen molar-refractivity contribution in [3.8, 4) is 5.88 Å². The molecule has 7 nitrogen and oxygen atoms in total. The van der Waals surface area contributed by atoms with E-state index < -0.39 is 18.5 Å². The van der Waals surface area contributed by atoms with Crippen molar-refractivity contribution < 1.29 is 28.2 Å². The summed E-state index contributed by atoms with van der Waals surface area (Å²) >= 11 is 0. The normalized spacial score (nSPS) is 13.8. The molecule has 1 aliphatic heterocycles. The fourth-order valence-corrected chi connectivity index (χ4v) is 3.83.